The van der Waals surface area contributed by atoms with Crippen molar-refractivity contribution in [2.24, 2.45) is 0 Å². The van der Waals surface area contributed by atoms with Gasteiger partial charge in [0.15, 0.2) is 5.69 Å². The van der Waals surface area contributed by atoms with Gasteiger partial charge in [0.05, 0.1) is 12.0 Å². The topological polar surface area (TPSA) is 65.3 Å². The number of benzene rings is 1. The Morgan fingerprint density at radius 2 is 1.95 bits per heavy atom. The Bertz CT molecular complexity index is 686. The predicted molar refractivity (Wildman–Crippen MR) is 77.4 cm³/mol. The maximum Gasteiger partial charge on any atom is 0.295 e. The van der Waals surface area contributed by atoms with E-state index in [9.17, 15) is 10.1 Å². The number of hydrogen-bond acceptors (Lipinski definition) is 4. The maximum atomic E-state index is 11.1. The number of ether oxygens (including phenoxy) is 1. The summed E-state index contributed by atoms with van der Waals surface area (Å²) < 4.78 is 5.38. The number of hydrogen-bond donors (Lipinski definition) is 0. The highest BCUT2D eigenvalue weighted by atomic mass is 35.5. The molecule has 0 aliphatic rings. The molecule has 0 fully saturated rings. The van der Waals surface area contributed by atoms with E-state index in [2.05, 4.69) is 4.98 Å². The summed E-state index contributed by atoms with van der Waals surface area (Å²) in [6.45, 7) is 3.84. The molecule has 6 heteroatoms. The minimum atomic E-state index is -0.479. The summed E-state index contributed by atoms with van der Waals surface area (Å²) in [5.74, 6) is 0.572. The Morgan fingerprint density at radius 3 is 2.55 bits per heavy atom. The third kappa shape index (κ3) is 2.44. The monoisotopic (exact) mass is 292 g/mol. The molecule has 0 unspecified atom stereocenters. The highest BCUT2D eigenvalue weighted by molar-refractivity contribution is 6.29. The van der Waals surface area contributed by atoms with Gasteiger partial charge < -0.3 is 4.74 Å². The molecule has 1 aromatic heterocycles. The zero-order valence-corrected chi connectivity index (χ0v) is 12.1. The van der Waals surface area contributed by atoms with Gasteiger partial charge in [0.1, 0.15) is 10.9 Å². The van der Waals surface area contributed by atoms with Crippen molar-refractivity contribution in [2.75, 3.05) is 7.11 Å². The number of methoxy groups -OCH3 is 1. The van der Waals surface area contributed by atoms with Gasteiger partial charge in [0.2, 0.25) is 0 Å². The van der Waals surface area contributed by atoms with E-state index in [4.69, 9.17) is 16.3 Å². The molecule has 0 saturated carbocycles. The lowest BCUT2D eigenvalue weighted by atomic mass is 10.0. The number of nitro groups is 1. The molecule has 5 nitrogen and oxygen atoms in total. The van der Waals surface area contributed by atoms with E-state index in [1.54, 1.807) is 6.07 Å². The third-order valence-electron chi connectivity index (χ3n) is 3.17. The van der Waals surface area contributed by atoms with Crippen LogP contribution >= 0.6 is 11.6 Å². The summed E-state index contributed by atoms with van der Waals surface area (Å²) in [6.07, 6.45) is 0. The van der Waals surface area contributed by atoms with E-state index in [-0.39, 0.29) is 16.5 Å². The van der Waals surface area contributed by atoms with Crippen LogP contribution in [0.2, 0.25) is 5.15 Å². The molecule has 0 spiro atoms. The second-order valence-corrected chi connectivity index (χ2v) is 4.73. The lowest BCUT2D eigenvalue weighted by molar-refractivity contribution is -0.384. The zero-order valence-electron chi connectivity index (χ0n) is 11.3. The summed E-state index contributed by atoms with van der Waals surface area (Å²) in [4.78, 5) is 14.7. The quantitative estimate of drug-likeness (QED) is 0.488. The van der Waals surface area contributed by atoms with Crippen LogP contribution in [0.3, 0.4) is 0 Å². The Hall–Kier alpha value is -2.14. The Balaban J connectivity index is 2.77. The van der Waals surface area contributed by atoms with Gasteiger partial charge >= 0.3 is 0 Å². The number of pyridine rings is 1. The lowest BCUT2D eigenvalue weighted by Gasteiger charge is -2.13. The number of rotatable bonds is 3. The lowest BCUT2D eigenvalue weighted by Crippen LogP contribution is -1.99. The Kier molecular flexibility index (Phi) is 3.90. The fraction of sp³-hybridized carbons (Fsp3) is 0.214. The molecule has 0 aliphatic heterocycles. The average Bonchev–Trinajstić information content (AvgIpc) is 2.41. The van der Waals surface area contributed by atoms with E-state index in [0.29, 0.717) is 11.3 Å². The van der Waals surface area contributed by atoms with Crippen molar-refractivity contribution in [2.45, 2.75) is 13.8 Å². The summed E-state index contributed by atoms with van der Waals surface area (Å²) in [7, 11) is 1.53. The van der Waals surface area contributed by atoms with Crippen LogP contribution in [0.5, 0.6) is 5.75 Å². The first-order valence-electron chi connectivity index (χ1n) is 5.91. The first-order valence-corrected chi connectivity index (χ1v) is 6.29. The first-order chi connectivity index (χ1) is 9.45. The van der Waals surface area contributed by atoms with E-state index < -0.39 is 4.92 Å². The first kappa shape index (κ1) is 14.3. The van der Waals surface area contributed by atoms with Crippen molar-refractivity contribution < 1.29 is 9.66 Å². The summed E-state index contributed by atoms with van der Waals surface area (Å²) in [6, 6.07) is 6.38. The van der Waals surface area contributed by atoms with Crippen LogP contribution in [-0.2, 0) is 0 Å². The fourth-order valence-electron chi connectivity index (χ4n) is 2.01. The van der Waals surface area contributed by atoms with Gasteiger partial charge in [-0.05, 0) is 37.1 Å². The second kappa shape index (κ2) is 5.46. The Labute approximate surface area is 121 Å². The number of aryl methyl sites for hydroxylation is 1. The summed E-state index contributed by atoms with van der Waals surface area (Å²) in [5.41, 5.74) is 2.62. The smallest absolute Gasteiger partial charge is 0.295 e. The Morgan fingerprint density at radius 1 is 1.25 bits per heavy atom. The molecular weight excluding hydrogens is 280 g/mol. The van der Waals surface area contributed by atoms with Gasteiger partial charge in [0, 0.05) is 11.6 Å². The molecule has 2 rings (SSSR count). The van der Waals surface area contributed by atoms with Crippen LogP contribution in [0, 0.1) is 24.0 Å². The van der Waals surface area contributed by atoms with Crippen LogP contribution in [-0.4, -0.2) is 17.0 Å². The van der Waals surface area contributed by atoms with Crippen LogP contribution in [0.25, 0.3) is 11.3 Å². The molecule has 0 radical (unpaired) electrons. The molecule has 1 heterocycles. The minimum Gasteiger partial charge on any atom is -0.496 e. The fourth-order valence-corrected chi connectivity index (χ4v) is 2.16. The largest absolute Gasteiger partial charge is 0.496 e. The number of aromatic nitrogens is 1. The zero-order chi connectivity index (χ0) is 14.9. The molecule has 0 N–H and O–H groups in total. The molecule has 0 amide bonds. The SMILES string of the molecule is COc1c(-c2nc(Cl)ccc2[N+](=O)[O-])ccc(C)c1C. The van der Waals surface area contributed by atoms with Crippen LogP contribution < -0.4 is 4.74 Å². The highest BCUT2D eigenvalue weighted by Crippen LogP contribution is 2.38. The van der Waals surface area contributed by atoms with Gasteiger partial charge in [-0.25, -0.2) is 4.98 Å². The van der Waals surface area contributed by atoms with Crippen molar-refractivity contribution in [3.05, 3.63) is 50.7 Å². The summed E-state index contributed by atoms with van der Waals surface area (Å²) in [5, 5.41) is 11.3. The van der Waals surface area contributed by atoms with E-state index in [1.165, 1.54) is 19.2 Å². The van der Waals surface area contributed by atoms with E-state index in [1.807, 2.05) is 19.9 Å². The van der Waals surface area contributed by atoms with Crippen LogP contribution in [0.1, 0.15) is 11.1 Å². The molecule has 2 aromatic rings. The van der Waals surface area contributed by atoms with Gasteiger partial charge in [0.25, 0.3) is 5.69 Å². The molecule has 1 aromatic carbocycles. The van der Waals surface area contributed by atoms with Crippen molar-refractivity contribution in [1.29, 1.82) is 0 Å². The van der Waals surface area contributed by atoms with Gasteiger partial charge in [-0.15, -0.1) is 0 Å². The van der Waals surface area contributed by atoms with Crippen LogP contribution in [0.15, 0.2) is 24.3 Å². The van der Waals surface area contributed by atoms with E-state index in [0.717, 1.165) is 11.1 Å². The van der Waals surface area contributed by atoms with Crippen LogP contribution in [0.4, 0.5) is 5.69 Å². The highest BCUT2D eigenvalue weighted by Gasteiger charge is 2.21. The molecule has 0 aliphatic carbocycles. The molecule has 20 heavy (non-hydrogen) atoms. The van der Waals surface area contributed by atoms with Crippen molar-refractivity contribution >= 4 is 17.3 Å². The molecule has 104 valence electrons. The minimum absolute atomic E-state index is 0.101. The van der Waals surface area contributed by atoms with Crippen molar-refractivity contribution in [1.82, 2.24) is 4.98 Å². The molecule has 0 atom stereocenters. The number of halogens is 1. The maximum absolute atomic E-state index is 11.1. The molecule has 0 bridgehead atoms. The third-order valence-corrected chi connectivity index (χ3v) is 3.38. The average molecular weight is 293 g/mol. The normalized spacial score (nSPS) is 10.4. The van der Waals surface area contributed by atoms with Crippen molar-refractivity contribution in [3.63, 3.8) is 0 Å². The second-order valence-electron chi connectivity index (χ2n) is 4.35. The number of nitrogens with zero attached hydrogens (tertiary/aromatic N) is 2. The van der Waals surface area contributed by atoms with E-state index >= 15 is 0 Å². The molecule has 0 saturated heterocycles. The van der Waals surface area contributed by atoms with Gasteiger partial charge in [-0.3, -0.25) is 10.1 Å². The molecular formula is C14H13ClN2O3. The summed E-state index contributed by atoms with van der Waals surface area (Å²) >= 11 is 5.86. The standard InChI is InChI=1S/C14H13ClN2O3/c1-8-4-5-10(14(20-3)9(8)2)13-11(17(18)19)6-7-12(15)16-13/h4-7H,1-3H3. The van der Waals surface area contributed by atoms with Gasteiger partial charge in [-0.1, -0.05) is 17.7 Å². The van der Waals surface area contributed by atoms with Gasteiger partial charge in [-0.2, -0.15) is 0 Å². The van der Waals surface area contributed by atoms with Crippen molar-refractivity contribution in [3.8, 4) is 17.0 Å². The predicted octanol–water partition coefficient (Wildman–Crippen LogP) is 3.94.